The molecule has 0 spiro atoms. The Labute approximate surface area is 487 Å². The second kappa shape index (κ2) is 35.6. The van der Waals surface area contributed by atoms with E-state index in [1.165, 1.54) is 6.92 Å². The maximum atomic E-state index is 14.4. The molecule has 83 heavy (non-hydrogen) atoms. The fraction of sp³-hybridized carbons (Fsp3) is 0.684. The third kappa shape index (κ3) is 25.8. The van der Waals surface area contributed by atoms with Crippen molar-refractivity contribution in [2.45, 2.75) is 207 Å². The smallest absolute Gasteiger partial charge is 0.326 e. The molecule has 0 radical (unpaired) electrons. The average Bonchev–Trinajstić information content (AvgIpc) is 4.01. The highest BCUT2D eigenvalue weighted by molar-refractivity contribution is 5.99. The Bertz CT molecular complexity index is 2380. The van der Waals surface area contributed by atoms with Crippen LogP contribution in [0.25, 0.3) is 0 Å². The van der Waals surface area contributed by atoms with Crippen molar-refractivity contribution in [3.63, 3.8) is 0 Å². The highest BCUT2D eigenvalue weighted by Crippen LogP contribution is 2.21. The highest BCUT2D eigenvalue weighted by Gasteiger charge is 2.41. The maximum absolute atomic E-state index is 14.4. The van der Waals surface area contributed by atoms with Gasteiger partial charge in [0.1, 0.15) is 54.4 Å². The topological polar surface area (TPSA) is 418 Å². The maximum Gasteiger partial charge on any atom is 0.326 e. The summed E-state index contributed by atoms with van der Waals surface area (Å²) in [6, 6.07) is -3.93. The van der Waals surface area contributed by atoms with Crippen molar-refractivity contribution in [3.05, 3.63) is 35.9 Å². The molecule has 0 bridgehead atoms. The molecule has 466 valence electrons. The van der Waals surface area contributed by atoms with Crippen molar-refractivity contribution < 1.29 is 63.0 Å². The molecule has 9 amide bonds. The average molecular weight is 1170 g/mol. The number of nitrogens with zero attached hydrogens (tertiary/aromatic N) is 2. The van der Waals surface area contributed by atoms with Gasteiger partial charge in [-0.1, -0.05) is 106 Å². The minimum Gasteiger partial charge on any atom is -0.481 e. The van der Waals surface area contributed by atoms with Gasteiger partial charge in [0.2, 0.25) is 53.2 Å². The van der Waals surface area contributed by atoms with Crippen LogP contribution in [0.3, 0.4) is 0 Å². The number of carbonyl (C=O) groups is 11. The molecule has 11 atom stereocenters. The number of aliphatic imine (C=N–C) groups is 1. The van der Waals surface area contributed by atoms with Crippen LogP contribution in [0.2, 0.25) is 0 Å². The molecule has 1 saturated heterocycles. The van der Waals surface area contributed by atoms with Crippen LogP contribution in [0.1, 0.15) is 146 Å². The third-order valence-corrected chi connectivity index (χ3v) is 14.0. The van der Waals surface area contributed by atoms with Crippen molar-refractivity contribution in [1.82, 2.24) is 47.4 Å². The van der Waals surface area contributed by atoms with Crippen molar-refractivity contribution in [2.75, 3.05) is 13.1 Å². The molecule has 16 N–H and O–H groups in total. The van der Waals surface area contributed by atoms with Gasteiger partial charge in [-0.15, -0.1) is 0 Å². The van der Waals surface area contributed by atoms with Crippen LogP contribution in [0, 0.1) is 29.6 Å². The molecule has 0 unspecified atom stereocenters. The Kier molecular flexibility index (Phi) is 30.7. The number of likely N-dealkylation sites (tertiary alicyclic amines) is 1. The highest BCUT2D eigenvalue weighted by atomic mass is 16.4. The van der Waals surface area contributed by atoms with Crippen molar-refractivity contribution in [3.8, 4) is 0 Å². The standard InChI is InChI=1S/C57H95N13O13/c1-12-34(10)46(58)54(80)67-41(27-33(8)9)52(78)68-42(29-45(71)72)55(81)70-23-17-21-44(70)53(79)63-37(20-16-22-61-57(59)60)48(74)64-39(25-31(4)5)50(76)66-40(26-32(6)7)51(77)65-38(24-30(2)3)49(75)62-35(11)47(73)69-43(56(82)83)28-36-18-14-13-15-19-36/h13-15,18-19,30-35,37-44,46H,12,16-17,20-29,58H2,1-11H3,(H,62,75)(H,63,79)(H,64,74)(H,65,77)(H,66,76)(H,67,80)(H,68,78)(H,69,73)(H,71,72)(H,82,83)(H4,59,60,61)/t34-,35-,37-,38-,39-,40-,41-,42-,43-,44-,46-/m0/s1. The van der Waals surface area contributed by atoms with Crippen LogP contribution in [0.4, 0.5) is 0 Å². The summed E-state index contributed by atoms with van der Waals surface area (Å²) >= 11 is 0. The molecule has 1 aliphatic heterocycles. The number of aliphatic carboxylic acids is 2. The summed E-state index contributed by atoms with van der Waals surface area (Å²) in [7, 11) is 0. The molecule has 1 aliphatic rings. The lowest BCUT2D eigenvalue weighted by Gasteiger charge is -2.31. The van der Waals surface area contributed by atoms with E-state index in [9.17, 15) is 63.0 Å². The zero-order valence-corrected chi connectivity index (χ0v) is 50.3. The molecular weight excluding hydrogens is 1070 g/mol. The predicted octanol–water partition coefficient (Wildman–Crippen LogP) is 0.289. The van der Waals surface area contributed by atoms with Crippen LogP contribution < -0.4 is 59.7 Å². The van der Waals surface area contributed by atoms with Gasteiger partial charge in [-0.2, -0.15) is 0 Å². The molecule has 26 heteroatoms. The molecule has 1 heterocycles. The summed E-state index contributed by atoms with van der Waals surface area (Å²) in [4.78, 5) is 155. The SMILES string of the molecule is CC[C@H](C)[C@H](N)C(=O)N[C@@H](CC(C)C)C(=O)N[C@@H](CC(=O)O)C(=O)N1CCC[C@H]1C(=O)N[C@@H](CCCN=C(N)N)C(=O)N[C@@H](CC(C)C)C(=O)N[C@@H](CC(C)C)C(=O)N[C@@H](CC(C)C)C(=O)N[C@@H](C)C(=O)N[C@@H](Cc1ccccc1)C(=O)O. The fourth-order valence-electron chi connectivity index (χ4n) is 9.33. The molecular formula is C57H95N13O13. The minimum atomic E-state index is -1.66. The molecule has 1 fully saturated rings. The van der Waals surface area contributed by atoms with Gasteiger partial charge in [-0.3, -0.25) is 52.9 Å². The van der Waals surface area contributed by atoms with Crippen molar-refractivity contribution in [2.24, 2.45) is 51.8 Å². The van der Waals surface area contributed by atoms with Gasteiger partial charge in [0, 0.05) is 19.5 Å². The summed E-state index contributed by atoms with van der Waals surface area (Å²) < 4.78 is 0. The Morgan fingerprint density at radius 1 is 0.578 bits per heavy atom. The number of guanidine groups is 1. The summed E-state index contributed by atoms with van der Waals surface area (Å²) in [6.07, 6.45) is 0.584. The number of benzene rings is 1. The number of carboxylic acid groups (broad SMARTS) is 2. The van der Waals surface area contributed by atoms with Gasteiger partial charge in [0.15, 0.2) is 5.96 Å². The molecule has 0 aliphatic carbocycles. The van der Waals surface area contributed by atoms with E-state index in [2.05, 4.69) is 47.5 Å². The van der Waals surface area contributed by atoms with Crippen LogP contribution >= 0.6 is 0 Å². The molecule has 26 nitrogen and oxygen atoms in total. The number of hydrogen-bond donors (Lipinski definition) is 13. The van der Waals surface area contributed by atoms with Crippen LogP contribution in [0.15, 0.2) is 35.3 Å². The van der Waals surface area contributed by atoms with Gasteiger partial charge >= 0.3 is 11.9 Å². The number of rotatable bonds is 36. The van der Waals surface area contributed by atoms with E-state index in [1.807, 2.05) is 48.5 Å². The number of nitrogens with two attached hydrogens (primary N) is 3. The Morgan fingerprint density at radius 3 is 1.45 bits per heavy atom. The van der Waals surface area contributed by atoms with E-state index < -0.39 is 132 Å². The zero-order valence-electron chi connectivity index (χ0n) is 50.3. The normalized spacial score (nSPS) is 16.8. The largest absolute Gasteiger partial charge is 0.481 e. The second-order valence-corrected chi connectivity index (χ2v) is 23.4. The lowest BCUT2D eigenvalue weighted by molar-refractivity contribution is -0.146. The van der Waals surface area contributed by atoms with Gasteiger partial charge in [-0.05, 0) is 93.4 Å². The summed E-state index contributed by atoms with van der Waals surface area (Å²) in [5, 5.41) is 40.9. The second-order valence-electron chi connectivity index (χ2n) is 23.4. The van der Waals surface area contributed by atoms with E-state index in [0.717, 1.165) is 4.90 Å². The van der Waals surface area contributed by atoms with Crippen LogP contribution in [0.5, 0.6) is 0 Å². The van der Waals surface area contributed by atoms with E-state index in [4.69, 9.17) is 17.2 Å². The van der Waals surface area contributed by atoms with Gasteiger partial charge in [0.25, 0.3) is 0 Å². The zero-order chi connectivity index (χ0) is 62.8. The quantitative estimate of drug-likeness (QED) is 0.0244. The molecule has 0 saturated carbocycles. The predicted molar refractivity (Wildman–Crippen MR) is 311 cm³/mol. The number of amides is 9. The van der Waals surface area contributed by atoms with Crippen LogP contribution in [-0.4, -0.2) is 160 Å². The molecule has 1 aromatic carbocycles. The monoisotopic (exact) mass is 1170 g/mol. The number of carboxylic acids is 2. The summed E-state index contributed by atoms with van der Waals surface area (Å²) in [5.74, 6) is -10.7. The van der Waals surface area contributed by atoms with Crippen molar-refractivity contribution >= 4 is 71.1 Å². The lowest BCUT2D eigenvalue weighted by Crippen LogP contribution is -2.60. The molecule has 2 rings (SSSR count). The van der Waals surface area contributed by atoms with E-state index in [-0.39, 0.29) is 100 Å². The fourth-order valence-corrected chi connectivity index (χ4v) is 9.33. The number of carbonyl (C=O) groups excluding carboxylic acids is 9. The minimum absolute atomic E-state index is 0.00828. The molecule has 1 aromatic rings. The van der Waals surface area contributed by atoms with Crippen molar-refractivity contribution in [1.29, 1.82) is 0 Å². The lowest BCUT2D eigenvalue weighted by atomic mass is 9.97. The first-order valence-electron chi connectivity index (χ1n) is 28.9. The Morgan fingerprint density at radius 2 is 1.01 bits per heavy atom. The molecule has 0 aromatic heterocycles. The van der Waals surface area contributed by atoms with E-state index >= 15 is 0 Å². The van der Waals surface area contributed by atoms with Crippen LogP contribution in [-0.2, 0) is 59.2 Å². The van der Waals surface area contributed by atoms with E-state index in [1.54, 1.807) is 51.1 Å². The number of hydrogen-bond acceptors (Lipinski definition) is 13. The first-order chi connectivity index (χ1) is 38.8. The van der Waals surface area contributed by atoms with Gasteiger partial charge in [0.05, 0.1) is 12.5 Å². The van der Waals surface area contributed by atoms with Gasteiger partial charge < -0.3 is 74.8 Å². The number of nitrogens with one attached hydrogen (secondary N) is 8. The van der Waals surface area contributed by atoms with E-state index in [0.29, 0.717) is 18.4 Å². The first-order valence-corrected chi connectivity index (χ1v) is 28.9. The Hall–Kier alpha value is -7.38. The summed E-state index contributed by atoms with van der Waals surface area (Å²) in [6.45, 7) is 19.5. The van der Waals surface area contributed by atoms with Gasteiger partial charge in [-0.25, -0.2) is 4.79 Å². The summed E-state index contributed by atoms with van der Waals surface area (Å²) in [5.41, 5.74) is 17.9. The Balaban J connectivity index is 2.39. The third-order valence-electron chi connectivity index (χ3n) is 14.0. The first kappa shape index (κ1) is 71.7.